The number of rotatable bonds is 1. The Morgan fingerprint density at radius 2 is 1.87 bits per heavy atom. The minimum Gasteiger partial charge on any atom is -0.294 e. The number of benzene rings is 1. The molecule has 0 bridgehead atoms. The lowest BCUT2D eigenvalue weighted by atomic mass is 10.0. The van der Waals surface area contributed by atoms with E-state index in [2.05, 4.69) is 0 Å². The zero-order chi connectivity index (χ0) is 11.8. The van der Waals surface area contributed by atoms with Gasteiger partial charge in [-0.2, -0.15) is 13.2 Å². The predicted molar refractivity (Wildman–Crippen MR) is 58.9 cm³/mol. The Balaban J connectivity index is 3.57. The van der Waals surface area contributed by atoms with Crippen LogP contribution >= 0.6 is 22.6 Å². The van der Waals surface area contributed by atoms with E-state index in [1.165, 1.54) is 12.1 Å². The Bertz CT molecular complexity index is 410. The average Bonchev–Trinajstić information content (AvgIpc) is 2.06. The maximum atomic E-state index is 12.7. The molecule has 0 heterocycles. The number of hydrogen-bond donors (Lipinski definition) is 0. The molecule has 0 aliphatic rings. The van der Waals surface area contributed by atoms with Gasteiger partial charge in [-0.3, -0.25) is 4.79 Å². The van der Waals surface area contributed by atoms with Crippen molar-refractivity contribution < 1.29 is 18.0 Å². The molecule has 0 aliphatic heterocycles. The van der Waals surface area contributed by atoms with Gasteiger partial charge in [-0.1, -0.05) is 12.1 Å². The topological polar surface area (TPSA) is 17.1 Å². The molecule has 1 rings (SSSR count). The molecule has 0 saturated heterocycles. The summed E-state index contributed by atoms with van der Waals surface area (Å²) >= 11 is 1.62. The molecule has 15 heavy (non-hydrogen) atoms. The van der Waals surface area contributed by atoms with Crippen molar-refractivity contribution in [3.63, 3.8) is 0 Å². The third-order valence-corrected chi connectivity index (χ3v) is 3.39. The van der Waals surface area contributed by atoms with Crippen molar-refractivity contribution in [2.75, 3.05) is 0 Å². The largest absolute Gasteiger partial charge is 0.418 e. The minimum absolute atomic E-state index is 0.0906. The number of aryl methyl sites for hydroxylation is 1. The number of hydrogen-bond acceptors (Lipinski definition) is 1. The summed E-state index contributed by atoms with van der Waals surface area (Å²) in [7, 11) is 0. The summed E-state index contributed by atoms with van der Waals surface area (Å²) in [5, 5.41) is 0. The average molecular weight is 328 g/mol. The highest BCUT2D eigenvalue weighted by Gasteiger charge is 2.37. The van der Waals surface area contributed by atoms with Crippen LogP contribution in [0.15, 0.2) is 12.1 Å². The van der Waals surface area contributed by atoms with Crippen LogP contribution < -0.4 is 0 Å². The van der Waals surface area contributed by atoms with Gasteiger partial charge >= 0.3 is 6.18 Å². The molecule has 0 saturated carbocycles. The molecular formula is C10H8F3IO. The molecule has 0 unspecified atom stereocenters. The fraction of sp³-hybridized carbons (Fsp3) is 0.300. The first-order chi connectivity index (χ1) is 6.75. The summed E-state index contributed by atoms with van der Waals surface area (Å²) in [6.45, 7) is 2.72. The quantitative estimate of drug-likeness (QED) is 0.566. The van der Waals surface area contributed by atoms with Crippen LogP contribution in [0.3, 0.4) is 0 Å². The molecule has 82 valence electrons. The third-order valence-electron chi connectivity index (χ3n) is 2.00. The minimum atomic E-state index is -4.48. The molecule has 0 atom stereocenters. The Hall–Kier alpha value is -0.590. The van der Waals surface area contributed by atoms with Crippen molar-refractivity contribution in [3.8, 4) is 0 Å². The number of Topliss-reactive ketones (excluding diaryl/α,β-unsaturated/α-hetero) is 1. The van der Waals surface area contributed by atoms with Gasteiger partial charge in [-0.05, 0) is 42.0 Å². The Morgan fingerprint density at radius 3 is 2.27 bits per heavy atom. The van der Waals surface area contributed by atoms with E-state index in [0.29, 0.717) is 5.56 Å². The van der Waals surface area contributed by atoms with Crippen LogP contribution in [-0.4, -0.2) is 5.78 Å². The van der Waals surface area contributed by atoms with Gasteiger partial charge in [-0.25, -0.2) is 0 Å². The second-order valence-electron chi connectivity index (χ2n) is 3.17. The van der Waals surface area contributed by atoms with E-state index >= 15 is 0 Å². The second kappa shape index (κ2) is 4.11. The van der Waals surface area contributed by atoms with Crippen molar-refractivity contribution in [2.45, 2.75) is 20.0 Å². The van der Waals surface area contributed by atoms with Crippen molar-refractivity contribution in [3.05, 3.63) is 32.4 Å². The first kappa shape index (κ1) is 12.5. The molecule has 0 amide bonds. The lowest BCUT2D eigenvalue weighted by Crippen LogP contribution is -2.14. The summed E-state index contributed by atoms with van der Waals surface area (Å²) < 4.78 is 38.2. The zero-order valence-corrected chi connectivity index (χ0v) is 10.2. The smallest absolute Gasteiger partial charge is 0.294 e. The summed E-state index contributed by atoms with van der Waals surface area (Å²) in [6.07, 6.45) is -4.48. The van der Waals surface area contributed by atoms with Crippen LogP contribution in [0.5, 0.6) is 0 Å². The molecule has 0 radical (unpaired) electrons. The molecule has 5 heteroatoms. The number of halogens is 4. The molecular weight excluding hydrogens is 320 g/mol. The van der Waals surface area contributed by atoms with E-state index in [1.54, 1.807) is 29.5 Å². The number of alkyl halides is 3. The SMILES string of the molecule is CC(=O)c1ccc(C)c(I)c1C(F)(F)F. The van der Waals surface area contributed by atoms with Gasteiger partial charge in [0.15, 0.2) is 5.78 Å². The zero-order valence-electron chi connectivity index (χ0n) is 8.07. The standard InChI is InChI=1S/C10H8F3IO/c1-5-3-4-7(6(2)15)8(9(5)14)10(11,12)13/h3-4H,1-2H3. The summed E-state index contributed by atoms with van der Waals surface area (Å²) in [6, 6.07) is 2.75. The first-order valence-electron chi connectivity index (χ1n) is 4.12. The van der Waals surface area contributed by atoms with Gasteiger partial charge in [0.25, 0.3) is 0 Å². The van der Waals surface area contributed by atoms with Crippen LogP contribution in [0.1, 0.15) is 28.4 Å². The number of carbonyl (C=O) groups excluding carboxylic acids is 1. The van der Waals surface area contributed by atoms with Crippen molar-refractivity contribution in [1.82, 2.24) is 0 Å². The van der Waals surface area contributed by atoms with Crippen LogP contribution in [-0.2, 0) is 6.18 Å². The van der Waals surface area contributed by atoms with Gasteiger partial charge in [0.1, 0.15) is 0 Å². The van der Waals surface area contributed by atoms with Gasteiger partial charge in [0.2, 0.25) is 0 Å². The second-order valence-corrected chi connectivity index (χ2v) is 4.25. The maximum Gasteiger partial charge on any atom is 0.418 e. The van der Waals surface area contributed by atoms with Gasteiger partial charge in [-0.15, -0.1) is 0 Å². The molecule has 1 nitrogen and oxygen atoms in total. The lowest BCUT2D eigenvalue weighted by molar-refractivity contribution is -0.138. The van der Waals surface area contributed by atoms with Crippen LogP contribution in [0.4, 0.5) is 13.2 Å². The van der Waals surface area contributed by atoms with Gasteiger partial charge in [0.05, 0.1) is 5.56 Å². The van der Waals surface area contributed by atoms with Crippen LogP contribution in [0.25, 0.3) is 0 Å². The summed E-state index contributed by atoms with van der Waals surface area (Å²) in [4.78, 5) is 11.1. The molecule has 1 aromatic rings. The van der Waals surface area contributed by atoms with Crippen molar-refractivity contribution in [1.29, 1.82) is 0 Å². The lowest BCUT2D eigenvalue weighted by Gasteiger charge is -2.14. The fourth-order valence-electron chi connectivity index (χ4n) is 1.25. The normalized spacial score (nSPS) is 11.6. The maximum absolute atomic E-state index is 12.7. The fourth-order valence-corrected chi connectivity index (χ4v) is 2.03. The molecule has 0 fully saturated rings. The Labute approximate surface area is 98.8 Å². The highest BCUT2D eigenvalue weighted by Crippen LogP contribution is 2.36. The van der Waals surface area contributed by atoms with Crippen molar-refractivity contribution in [2.24, 2.45) is 0 Å². The highest BCUT2D eigenvalue weighted by molar-refractivity contribution is 14.1. The molecule has 0 spiro atoms. The van der Waals surface area contributed by atoms with Crippen LogP contribution in [0, 0.1) is 10.5 Å². The van der Waals surface area contributed by atoms with E-state index in [4.69, 9.17) is 0 Å². The summed E-state index contributed by atoms with van der Waals surface area (Å²) in [5.41, 5.74) is -0.568. The van der Waals surface area contributed by atoms with Crippen LogP contribution in [0.2, 0.25) is 0 Å². The van der Waals surface area contributed by atoms with E-state index in [1.807, 2.05) is 0 Å². The van der Waals surface area contributed by atoms with E-state index < -0.39 is 17.5 Å². The van der Waals surface area contributed by atoms with Gasteiger partial charge in [0, 0.05) is 9.13 Å². The molecule has 1 aromatic carbocycles. The Morgan fingerprint density at radius 1 is 1.33 bits per heavy atom. The third kappa shape index (κ3) is 2.50. The van der Waals surface area contributed by atoms with Gasteiger partial charge < -0.3 is 0 Å². The molecule has 0 aliphatic carbocycles. The molecule has 0 N–H and O–H groups in total. The van der Waals surface area contributed by atoms with Crippen molar-refractivity contribution >= 4 is 28.4 Å². The number of carbonyl (C=O) groups is 1. The van der Waals surface area contributed by atoms with E-state index in [9.17, 15) is 18.0 Å². The van der Waals surface area contributed by atoms with E-state index in [0.717, 1.165) is 6.92 Å². The number of ketones is 1. The predicted octanol–water partition coefficient (Wildman–Crippen LogP) is 3.82. The highest BCUT2D eigenvalue weighted by atomic mass is 127. The van der Waals surface area contributed by atoms with E-state index in [-0.39, 0.29) is 9.13 Å². The first-order valence-corrected chi connectivity index (χ1v) is 5.20. The molecule has 0 aromatic heterocycles. The summed E-state index contributed by atoms with van der Waals surface area (Å²) in [5.74, 6) is -0.569. The monoisotopic (exact) mass is 328 g/mol. The Kier molecular flexibility index (Phi) is 3.42.